The van der Waals surface area contributed by atoms with Crippen molar-refractivity contribution in [2.75, 3.05) is 0 Å². The molecule has 0 bridgehead atoms. The fourth-order valence-corrected chi connectivity index (χ4v) is 4.43. The van der Waals surface area contributed by atoms with Crippen LogP contribution in [0.15, 0.2) is 24.3 Å². The molecule has 3 rings (SSSR count). The van der Waals surface area contributed by atoms with Gasteiger partial charge in [0, 0.05) is 17.1 Å². The molecule has 88 valence electrons. The summed E-state index contributed by atoms with van der Waals surface area (Å²) in [6.45, 7) is 0. The SMILES string of the molecule is O=[S+]C1(c2nc3ccccc3s2)CCCCC1. The molecule has 0 spiro atoms. The topological polar surface area (TPSA) is 30.0 Å². The second kappa shape index (κ2) is 4.42. The van der Waals surface area contributed by atoms with Crippen LogP contribution in [0.4, 0.5) is 0 Å². The summed E-state index contributed by atoms with van der Waals surface area (Å²) in [5, 5.41) is 1.04. The maximum atomic E-state index is 11.6. The highest BCUT2D eigenvalue weighted by molar-refractivity contribution is 7.67. The van der Waals surface area contributed by atoms with Crippen molar-refractivity contribution in [2.24, 2.45) is 0 Å². The largest absolute Gasteiger partial charge is 0.473 e. The van der Waals surface area contributed by atoms with E-state index in [1.807, 2.05) is 18.2 Å². The number of hydrogen-bond donors (Lipinski definition) is 0. The molecule has 0 aliphatic heterocycles. The van der Waals surface area contributed by atoms with E-state index >= 15 is 0 Å². The number of hydrogen-bond acceptors (Lipinski definition) is 3. The standard InChI is InChI=1S/C13H14NOS2/c15-17-13(8-4-1-5-9-13)12-14-10-6-2-3-7-11(10)16-12/h2-3,6-7H,1,4-5,8-9H2/q+1. The molecule has 0 atom stereocenters. The third-order valence-corrected chi connectivity index (χ3v) is 5.79. The second-order valence-corrected chi connectivity index (χ2v) is 6.60. The van der Waals surface area contributed by atoms with Crippen LogP contribution in [0.3, 0.4) is 0 Å². The molecular formula is C13H14NOS2+. The second-order valence-electron chi connectivity index (χ2n) is 4.63. The van der Waals surface area contributed by atoms with Gasteiger partial charge in [-0.3, -0.25) is 0 Å². The van der Waals surface area contributed by atoms with E-state index in [2.05, 4.69) is 11.1 Å². The van der Waals surface area contributed by atoms with Crippen molar-refractivity contribution in [2.45, 2.75) is 36.9 Å². The number of nitrogens with zero attached hydrogens (tertiary/aromatic N) is 1. The Bertz CT molecular complexity index is 510. The molecule has 4 heteroatoms. The Kier molecular flexibility index (Phi) is 2.92. The third kappa shape index (κ3) is 1.89. The summed E-state index contributed by atoms with van der Waals surface area (Å²) in [6, 6.07) is 8.15. The quantitative estimate of drug-likeness (QED) is 0.770. The highest BCUT2D eigenvalue weighted by Crippen LogP contribution is 2.42. The first-order chi connectivity index (χ1) is 8.34. The molecule has 1 aliphatic carbocycles. The molecule has 0 saturated heterocycles. The number of fused-ring (bicyclic) bond motifs is 1. The average Bonchev–Trinajstić information content (AvgIpc) is 2.84. The Morgan fingerprint density at radius 3 is 2.65 bits per heavy atom. The van der Waals surface area contributed by atoms with Crippen molar-refractivity contribution in [1.29, 1.82) is 0 Å². The van der Waals surface area contributed by atoms with Crippen LogP contribution >= 0.6 is 11.3 Å². The molecule has 1 fully saturated rings. The minimum Gasteiger partial charge on any atom is -0.235 e. The first kappa shape index (κ1) is 11.2. The predicted molar refractivity (Wildman–Crippen MR) is 72.4 cm³/mol. The van der Waals surface area contributed by atoms with Crippen molar-refractivity contribution in [3.63, 3.8) is 0 Å². The summed E-state index contributed by atoms with van der Waals surface area (Å²) < 4.78 is 12.5. The number of benzene rings is 1. The maximum Gasteiger partial charge on any atom is 0.473 e. The monoisotopic (exact) mass is 264 g/mol. The zero-order valence-corrected chi connectivity index (χ0v) is 11.1. The summed E-state index contributed by atoms with van der Waals surface area (Å²) >= 11 is 2.45. The lowest BCUT2D eigenvalue weighted by Gasteiger charge is -2.19. The molecule has 0 N–H and O–H groups in total. The van der Waals surface area contributed by atoms with Crippen molar-refractivity contribution in [3.05, 3.63) is 29.3 Å². The van der Waals surface area contributed by atoms with Crippen molar-refractivity contribution >= 4 is 33.2 Å². The van der Waals surface area contributed by atoms with Crippen LogP contribution < -0.4 is 0 Å². The highest BCUT2D eigenvalue weighted by atomic mass is 32.1. The number of rotatable bonds is 2. The Labute approximate surface area is 109 Å². The van der Waals surface area contributed by atoms with Gasteiger partial charge in [0.15, 0.2) is 5.01 Å². The highest BCUT2D eigenvalue weighted by Gasteiger charge is 2.50. The number of aromatic nitrogens is 1. The molecule has 1 aliphatic rings. The van der Waals surface area contributed by atoms with Gasteiger partial charge in [0.2, 0.25) is 0 Å². The molecule has 17 heavy (non-hydrogen) atoms. The van der Waals surface area contributed by atoms with Crippen LogP contribution in [-0.2, 0) is 20.6 Å². The van der Waals surface area contributed by atoms with Crippen molar-refractivity contribution in [3.8, 4) is 0 Å². The van der Waals surface area contributed by atoms with Crippen LogP contribution in [0, 0.1) is 0 Å². The summed E-state index contributed by atoms with van der Waals surface area (Å²) in [7, 11) is 0. The van der Waals surface area contributed by atoms with Gasteiger partial charge in [0.05, 0.1) is 10.2 Å². The molecule has 0 radical (unpaired) electrons. The lowest BCUT2D eigenvalue weighted by molar-refractivity contribution is 0.396. The van der Waals surface area contributed by atoms with E-state index in [0.29, 0.717) is 0 Å². The molecule has 2 nitrogen and oxygen atoms in total. The van der Waals surface area contributed by atoms with E-state index in [1.54, 1.807) is 11.3 Å². The zero-order valence-electron chi connectivity index (χ0n) is 9.52. The minimum absolute atomic E-state index is 0.248. The van der Waals surface area contributed by atoms with Crippen LogP contribution in [0.5, 0.6) is 0 Å². The molecule has 1 heterocycles. The molecule has 1 saturated carbocycles. The van der Waals surface area contributed by atoms with Gasteiger partial charge in [-0.25, -0.2) is 4.98 Å². The Morgan fingerprint density at radius 2 is 1.94 bits per heavy atom. The van der Waals surface area contributed by atoms with Gasteiger partial charge in [-0.05, 0) is 25.0 Å². The van der Waals surface area contributed by atoms with Gasteiger partial charge in [-0.15, -0.1) is 11.3 Å². The lowest BCUT2D eigenvalue weighted by atomic mass is 9.89. The van der Waals surface area contributed by atoms with Crippen molar-refractivity contribution in [1.82, 2.24) is 4.98 Å². The molecule has 0 unspecified atom stereocenters. The normalized spacial score (nSPS) is 19.3. The first-order valence-electron chi connectivity index (χ1n) is 6.01. The summed E-state index contributed by atoms with van der Waals surface area (Å²) in [5.41, 5.74) is 1.03. The van der Waals surface area contributed by atoms with Gasteiger partial charge < -0.3 is 0 Å². The van der Waals surface area contributed by atoms with E-state index in [4.69, 9.17) is 0 Å². The molecule has 1 aromatic heterocycles. The first-order valence-corrected chi connectivity index (χ1v) is 7.57. The summed E-state index contributed by atoms with van der Waals surface area (Å²) in [6.07, 6.45) is 5.55. The predicted octanol–water partition coefficient (Wildman–Crippen LogP) is 3.88. The van der Waals surface area contributed by atoms with Gasteiger partial charge in [0.25, 0.3) is 4.75 Å². The van der Waals surface area contributed by atoms with Crippen LogP contribution in [0.1, 0.15) is 37.1 Å². The van der Waals surface area contributed by atoms with Gasteiger partial charge in [-0.1, -0.05) is 18.6 Å². The average molecular weight is 264 g/mol. The number of thiazole rings is 1. The molecule has 1 aromatic carbocycles. The van der Waals surface area contributed by atoms with Crippen LogP contribution in [0.2, 0.25) is 0 Å². The third-order valence-electron chi connectivity index (χ3n) is 3.50. The summed E-state index contributed by atoms with van der Waals surface area (Å²) in [5.74, 6) is 0. The van der Waals surface area contributed by atoms with Gasteiger partial charge in [0.1, 0.15) is 0 Å². The molecule has 0 amide bonds. The van der Waals surface area contributed by atoms with E-state index in [0.717, 1.165) is 47.9 Å². The van der Waals surface area contributed by atoms with E-state index in [1.165, 1.54) is 11.1 Å². The number of para-hydroxylation sites is 1. The van der Waals surface area contributed by atoms with Gasteiger partial charge in [-0.2, -0.15) is 0 Å². The Morgan fingerprint density at radius 1 is 1.18 bits per heavy atom. The molecular weight excluding hydrogens is 250 g/mol. The Balaban J connectivity index is 2.09. The zero-order chi connectivity index (χ0) is 11.7. The molecule has 2 aromatic rings. The summed E-state index contributed by atoms with van der Waals surface area (Å²) in [4.78, 5) is 4.68. The fraction of sp³-hybridized carbons (Fsp3) is 0.462. The van der Waals surface area contributed by atoms with E-state index in [9.17, 15) is 4.21 Å². The van der Waals surface area contributed by atoms with Crippen molar-refractivity contribution < 1.29 is 4.21 Å². The maximum absolute atomic E-state index is 11.6. The fourth-order valence-electron chi connectivity index (χ4n) is 2.52. The smallest absolute Gasteiger partial charge is 0.235 e. The lowest BCUT2D eigenvalue weighted by Crippen LogP contribution is -2.27. The minimum atomic E-state index is -0.248. The van der Waals surface area contributed by atoms with E-state index in [-0.39, 0.29) is 4.75 Å². The van der Waals surface area contributed by atoms with Crippen LogP contribution in [0.25, 0.3) is 10.2 Å². The van der Waals surface area contributed by atoms with Gasteiger partial charge >= 0.3 is 11.7 Å². The van der Waals surface area contributed by atoms with E-state index < -0.39 is 0 Å². The Hall–Kier alpha value is -0.870. The van der Waals surface area contributed by atoms with Crippen LogP contribution in [-0.4, -0.2) is 4.98 Å².